The first-order valence-electron chi connectivity index (χ1n) is 8.23. The van der Waals surface area contributed by atoms with Crippen molar-refractivity contribution in [2.45, 2.75) is 57.9 Å². The number of hydrogen-bond donors (Lipinski definition) is 1. The van der Waals surface area contributed by atoms with Gasteiger partial charge in [-0.15, -0.1) is 0 Å². The van der Waals surface area contributed by atoms with Crippen molar-refractivity contribution in [1.82, 2.24) is 9.80 Å². The Bertz CT molecular complexity index is 310. The minimum Gasteiger partial charge on any atom is -0.343 e. The summed E-state index contributed by atoms with van der Waals surface area (Å²) < 4.78 is 0. The van der Waals surface area contributed by atoms with Gasteiger partial charge in [0.25, 0.3) is 0 Å². The standard InChI is InChI=1S/C16H31N3O/c1-16(2,17)8-5-15(20)19-11-6-14(7-12-19)13-18-9-3-4-10-18/h14H,3-13,17H2,1-2H3. The van der Waals surface area contributed by atoms with Crippen molar-refractivity contribution in [1.29, 1.82) is 0 Å². The molecule has 2 rings (SSSR count). The summed E-state index contributed by atoms with van der Waals surface area (Å²) in [6, 6.07) is 0. The summed E-state index contributed by atoms with van der Waals surface area (Å²) in [6.45, 7) is 9.68. The molecule has 0 aromatic carbocycles. The molecule has 0 aromatic heterocycles. The molecule has 2 aliphatic heterocycles. The van der Waals surface area contributed by atoms with Crippen molar-refractivity contribution in [2.75, 3.05) is 32.7 Å². The molecule has 2 heterocycles. The Morgan fingerprint density at radius 2 is 1.75 bits per heavy atom. The fraction of sp³-hybridized carbons (Fsp3) is 0.938. The molecule has 0 aromatic rings. The number of likely N-dealkylation sites (tertiary alicyclic amines) is 2. The second-order valence-corrected chi connectivity index (χ2v) is 7.32. The van der Waals surface area contributed by atoms with Gasteiger partial charge in [-0.1, -0.05) is 0 Å². The number of rotatable bonds is 5. The molecule has 2 N–H and O–H groups in total. The van der Waals surface area contributed by atoms with Gasteiger partial charge in [-0.3, -0.25) is 4.79 Å². The van der Waals surface area contributed by atoms with Crippen molar-refractivity contribution in [3.8, 4) is 0 Å². The quantitative estimate of drug-likeness (QED) is 0.836. The molecule has 0 spiro atoms. The lowest BCUT2D eigenvalue weighted by molar-refractivity contribution is -0.133. The van der Waals surface area contributed by atoms with Crippen LogP contribution in [0.1, 0.15) is 52.4 Å². The van der Waals surface area contributed by atoms with Crippen molar-refractivity contribution < 1.29 is 4.79 Å². The van der Waals surface area contributed by atoms with Gasteiger partial charge in [0.15, 0.2) is 0 Å². The van der Waals surface area contributed by atoms with Crippen LogP contribution in [0.4, 0.5) is 0 Å². The van der Waals surface area contributed by atoms with E-state index in [1.807, 2.05) is 18.7 Å². The maximum Gasteiger partial charge on any atom is 0.222 e. The maximum atomic E-state index is 12.2. The van der Waals surface area contributed by atoms with E-state index in [9.17, 15) is 4.79 Å². The Hall–Kier alpha value is -0.610. The van der Waals surface area contributed by atoms with Gasteiger partial charge in [0.2, 0.25) is 5.91 Å². The highest BCUT2D eigenvalue weighted by atomic mass is 16.2. The van der Waals surface area contributed by atoms with Crippen LogP contribution in [-0.2, 0) is 4.79 Å². The first-order chi connectivity index (χ1) is 9.44. The summed E-state index contributed by atoms with van der Waals surface area (Å²) in [5.41, 5.74) is 5.72. The SMILES string of the molecule is CC(C)(N)CCC(=O)N1CCC(CN2CCCC2)CC1. The summed E-state index contributed by atoms with van der Waals surface area (Å²) in [4.78, 5) is 16.8. The molecule has 0 aliphatic carbocycles. The normalized spacial score (nSPS) is 22.4. The van der Waals surface area contributed by atoms with Crippen LogP contribution in [0.25, 0.3) is 0 Å². The summed E-state index contributed by atoms with van der Waals surface area (Å²) in [7, 11) is 0. The first-order valence-corrected chi connectivity index (χ1v) is 8.23. The van der Waals surface area contributed by atoms with Crippen LogP contribution in [0.5, 0.6) is 0 Å². The number of nitrogens with two attached hydrogens (primary N) is 1. The number of hydrogen-bond acceptors (Lipinski definition) is 3. The van der Waals surface area contributed by atoms with Crippen molar-refractivity contribution in [3.05, 3.63) is 0 Å². The van der Waals surface area contributed by atoms with Crippen LogP contribution in [0.3, 0.4) is 0 Å². The summed E-state index contributed by atoms with van der Waals surface area (Å²) in [5, 5.41) is 0. The Morgan fingerprint density at radius 3 is 2.30 bits per heavy atom. The summed E-state index contributed by atoms with van der Waals surface area (Å²) in [6.07, 6.45) is 6.46. The van der Waals surface area contributed by atoms with Crippen LogP contribution in [0.2, 0.25) is 0 Å². The highest BCUT2D eigenvalue weighted by molar-refractivity contribution is 5.76. The number of nitrogens with zero attached hydrogens (tertiary/aromatic N) is 2. The molecule has 4 heteroatoms. The molecule has 1 amide bonds. The molecule has 0 atom stereocenters. The Balaban J connectivity index is 1.66. The van der Waals surface area contributed by atoms with Gasteiger partial charge in [-0.25, -0.2) is 0 Å². The van der Waals surface area contributed by atoms with Crippen molar-refractivity contribution in [2.24, 2.45) is 11.7 Å². The third kappa shape index (κ3) is 5.06. The molecule has 116 valence electrons. The van der Waals surface area contributed by atoms with E-state index in [0.717, 1.165) is 25.4 Å². The van der Waals surface area contributed by atoms with E-state index in [-0.39, 0.29) is 5.54 Å². The van der Waals surface area contributed by atoms with E-state index in [2.05, 4.69) is 4.90 Å². The number of piperidine rings is 1. The summed E-state index contributed by atoms with van der Waals surface area (Å²) in [5.74, 6) is 1.09. The predicted octanol–water partition coefficient (Wildman–Crippen LogP) is 1.84. The average molecular weight is 281 g/mol. The second kappa shape index (κ2) is 6.90. The van der Waals surface area contributed by atoms with E-state index in [1.165, 1.54) is 45.3 Å². The molecule has 20 heavy (non-hydrogen) atoms. The average Bonchev–Trinajstić information content (AvgIpc) is 2.89. The fourth-order valence-corrected chi connectivity index (χ4v) is 3.28. The van der Waals surface area contributed by atoms with Crippen molar-refractivity contribution in [3.63, 3.8) is 0 Å². The summed E-state index contributed by atoms with van der Waals surface area (Å²) >= 11 is 0. The molecule has 2 aliphatic rings. The number of carbonyl (C=O) groups excluding carboxylic acids is 1. The highest BCUT2D eigenvalue weighted by Crippen LogP contribution is 2.21. The third-order valence-electron chi connectivity index (χ3n) is 4.67. The third-order valence-corrected chi connectivity index (χ3v) is 4.67. The monoisotopic (exact) mass is 281 g/mol. The molecule has 2 fully saturated rings. The van der Waals surface area contributed by atoms with Gasteiger partial charge in [-0.2, -0.15) is 0 Å². The largest absolute Gasteiger partial charge is 0.343 e. The fourth-order valence-electron chi connectivity index (χ4n) is 3.28. The predicted molar refractivity (Wildman–Crippen MR) is 82.5 cm³/mol. The minimum absolute atomic E-state index is 0.232. The Labute approximate surface area is 123 Å². The topological polar surface area (TPSA) is 49.6 Å². The van der Waals surface area contributed by atoms with Crippen LogP contribution in [0, 0.1) is 5.92 Å². The molecule has 0 saturated carbocycles. The van der Waals surface area contributed by atoms with Crippen LogP contribution in [0.15, 0.2) is 0 Å². The molecule has 0 radical (unpaired) electrons. The molecule has 0 unspecified atom stereocenters. The first kappa shape index (κ1) is 15.8. The Morgan fingerprint density at radius 1 is 1.15 bits per heavy atom. The highest BCUT2D eigenvalue weighted by Gasteiger charge is 2.25. The van der Waals surface area contributed by atoms with Gasteiger partial charge in [-0.05, 0) is 65.0 Å². The maximum absolute atomic E-state index is 12.2. The second-order valence-electron chi connectivity index (χ2n) is 7.32. The van der Waals surface area contributed by atoms with E-state index < -0.39 is 0 Å². The zero-order valence-corrected chi connectivity index (χ0v) is 13.2. The van der Waals surface area contributed by atoms with E-state index in [0.29, 0.717) is 12.3 Å². The molecular formula is C16H31N3O. The van der Waals surface area contributed by atoms with Crippen LogP contribution >= 0.6 is 0 Å². The molecule has 0 bridgehead atoms. The van der Waals surface area contributed by atoms with E-state index >= 15 is 0 Å². The number of amides is 1. The number of carbonyl (C=O) groups is 1. The van der Waals surface area contributed by atoms with Crippen LogP contribution < -0.4 is 5.73 Å². The lowest BCUT2D eigenvalue weighted by atomic mass is 9.95. The van der Waals surface area contributed by atoms with E-state index in [4.69, 9.17) is 5.73 Å². The smallest absolute Gasteiger partial charge is 0.222 e. The van der Waals surface area contributed by atoms with Crippen molar-refractivity contribution >= 4 is 5.91 Å². The molecule has 4 nitrogen and oxygen atoms in total. The lowest BCUT2D eigenvalue weighted by Crippen LogP contribution is -2.42. The van der Waals surface area contributed by atoms with Gasteiger partial charge < -0.3 is 15.5 Å². The Kier molecular flexibility index (Phi) is 5.44. The van der Waals surface area contributed by atoms with Gasteiger partial charge in [0.05, 0.1) is 0 Å². The zero-order valence-electron chi connectivity index (χ0n) is 13.2. The lowest BCUT2D eigenvalue weighted by Gasteiger charge is -2.34. The van der Waals surface area contributed by atoms with Gasteiger partial charge >= 0.3 is 0 Å². The minimum atomic E-state index is -0.232. The van der Waals surface area contributed by atoms with Gasteiger partial charge in [0.1, 0.15) is 0 Å². The molecule has 2 saturated heterocycles. The van der Waals surface area contributed by atoms with Gasteiger partial charge in [0, 0.05) is 31.6 Å². The van der Waals surface area contributed by atoms with Crippen LogP contribution in [-0.4, -0.2) is 54.0 Å². The zero-order chi connectivity index (χ0) is 14.6. The molecular weight excluding hydrogens is 250 g/mol. The van der Waals surface area contributed by atoms with E-state index in [1.54, 1.807) is 0 Å².